The summed E-state index contributed by atoms with van der Waals surface area (Å²) in [7, 11) is -1.68. The minimum absolute atomic E-state index is 0.439. The molecule has 3 aromatic rings. The number of rotatable bonds is 9. The molecule has 0 saturated carbocycles. The van der Waals surface area contributed by atoms with Crippen molar-refractivity contribution >= 4 is 26.6 Å². The summed E-state index contributed by atoms with van der Waals surface area (Å²) >= 11 is 0. The Balaban J connectivity index is 1.26. The van der Waals surface area contributed by atoms with Crippen molar-refractivity contribution < 1.29 is 13.2 Å². The van der Waals surface area contributed by atoms with Gasteiger partial charge in [0.15, 0.2) is 0 Å². The minimum Gasteiger partial charge on any atom is -0.492 e. The van der Waals surface area contributed by atoms with Crippen molar-refractivity contribution in [3.05, 3.63) is 65.9 Å². The molecule has 1 aromatic heterocycles. The maximum Gasteiger partial charge on any atom is 0.237 e. The van der Waals surface area contributed by atoms with E-state index in [4.69, 9.17) is 4.74 Å². The molecule has 0 bridgehead atoms. The number of ether oxygens (including phenoxy) is 1. The largest absolute Gasteiger partial charge is 0.492 e. The third kappa shape index (κ3) is 6.14. The molecule has 0 spiro atoms. The van der Waals surface area contributed by atoms with Crippen LogP contribution in [0.2, 0.25) is 0 Å². The van der Waals surface area contributed by atoms with Gasteiger partial charge in [0.2, 0.25) is 10.0 Å². The lowest BCUT2D eigenvalue weighted by atomic mass is 9.90. The third-order valence-electron chi connectivity index (χ3n) is 6.98. The number of pyridine rings is 1. The number of hydrogen-bond acceptors (Lipinski definition) is 5. The van der Waals surface area contributed by atoms with Crippen LogP contribution in [0.4, 0.5) is 5.69 Å². The zero-order valence-electron chi connectivity index (χ0n) is 21.3. The van der Waals surface area contributed by atoms with Crippen LogP contribution in [0.15, 0.2) is 54.6 Å². The van der Waals surface area contributed by atoms with E-state index < -0.39 is 15.3 Å². The van der Waals surface area contributed by atoms with E-state index >= 15 is 0 Å². The number of aryl methyl sites for hydroxylation is 1. The first-order valence-electron chi connectivity index (χ1n) is 12.5. The highest BCUT2D eigenvalue weighted by Gasteiger charge is 2.24. The molecule has 35 heavy (non-hydrogen) atoms. The van der Waals surface area contributed by atoms with Crippen molar-refractivity contribution in [3.63, 3.8) is 0 Å². The van der Waals surface area contributed by atoms with Crippen molar-refractivity contribution in [2.45, 2.75) is 45.3 Å². The standard InChI is InChI=1S/C28H37N3O3S/c1-21(2)35(32,33)30(4)25-8-5-7-24(20-25)19-23-13-15-31(16-14-23)17-18-34-28-10-6-9-27-26(28)12-11-22(3)29-27/h5-12,20-21,23H,13-19H2,1-4H3. The molecule has 0 N–H and O–H groups in total. The summed E-state index contributed by atoms with van der Waals surface area (Å²) < 4.78 is 32.6. The molecule has 4 rings (SSSR count). The second-order valence-electron chi connectivity index (χ2n) is 9.84. The Labute approximate surface area is 210 Å². The molecular formula is C28H37N3O3S. The highest BCUT2D eigenvalue weighted by atomic mass is 32.2. The summed E-state index contributed by atoms with van der Waals surface area (Å²) in [5, 5.41) is 0.622. The summed E-state index contributed by atoms with van der Waals surface area (Å²) in [5.41, 5.74) is 3.93. The Morgan fingerprint density at radius 1 is 1.09 bits per heavy atom. The smallest absolute Gasteiger partial charge is 0.237 e. The molecule has 2 heterocycles. The highest BCUT2D eigenvalue weighted by Crippen LogP contribution is 2.27. The molecule has 0 unspecified atom stereocenters. The van der Waals surface area contributed by atoms with Gasteiger partial charge in [0.25, 0.3) is 0 Å². The van der Waals surface area contributed by atoms with E-state index in [0.29, 0.717) is 12.5 Å². The van der Waals surface area contributed by atoms with E-state index in [-0.39, 0.29) is 0 Å². The lowest BCUT2D eigenvalue weighted by Gasteiger charge is -2.32. The van der Waals surface area contributed by atoms with Crippen LogP contribution in [0.1, 0.15) is 37.9 Å². The van der Waals surface area contributed by atoms with Crippen LogP contribution in [-0.4, -0.2) is 56.8 Å². The van der Waals surface area contributed by atoms with Crippen molar-refractivity contribution in [1.29, 1.82) is 0 Å². The average Bonchev–Trinajstić information content (AvgIpc) is 2.84. The van der Waals surface area contributed by atoms with Gasteiger partial charge in [0.05, 0.1) is 16.5 Å². The number of benzene rings is 2. The fourth-order valence-electron chi connectivity index (χ4n) is 4.73. The molecule has 0 aliphatic carbocycles. The molecule has 2 aromatic carbocycles. The molecule has 0 amide bonds. The maximum atomic E-state index is 12.5. The molecule has 1 fully saturated rings. The number of hydrogen-bond donors (Lipinski definition) is 0. The highest BCUT2D eigenvalue weighted by molar-refractivity contribution is 7.93. The second kappa shape index (κ2) is 11.0. The molecule has 1 aliphatic rings. The van der Waals surface area contributed by atoms with E-state index in [1.54, 1.807) is 20.9 Å². The van der Waals surface area contributed by atoms with Gasteiger partial charge >= 0.3 is 0 Å². The SMILES string of the molecule is Cc1ccc2c(OCCN3CCC(Cc4cccc(N(C)S(=O)(=O)C(C)C)c4)CC3)cccc2n1. The number of likely N-dealkylation sites (tertiary alicyclic amines) is 1. The van der Waals surface area contributed by atoms with Crippen molar-refractivity contribution in [2.75, 3.05) is 37.6 Å². The van der Waals surface area contributed by atoms with Gasteiger partial charge in [-0.3, -0.25) is 14.2 Å². The zero-order valence-corrected chi connectivity index (χ0v) is 22.1. The first-order valence-corrected chi connectivity index (χ1v) is 14.0. The second-order valence-corrected chi connectivity index (χ2v) is 12.4. The molecule has 188 valence electrons. The fourth-order valence-corrected chi connectivity index (χ4v) is 5.77. The Bertz CT molecular complexity index is 1250. The van der Waals surface area contributed by atoms with Crippen LogP contribution in [0, 0.1) is 12.8 Å². The van der Waals surface area contributed by atoms with Crippen LogP contribution in [0.3, 0.4) is 0 Å². The predicted octanol–water partition coefficient (Wildman–Crippen LogP) is 5.05. The van der Waals surface area contributed by atoms with E-state index in [9.17, 15) is 8.42 Å². The Hall–Kier alpha value is -2.64. The molecule has 6 nitrogen and oxygen atoms in total. The summed E-state index contributed by atoms with van der Waals surface area (Å²) in [5.74, 6) is 1.51. The van der Waals surface area contributed by atoms with Gasteiger partial charge in [0, 0.05) is 24.7 Å². The van der Waals surface area contributed by atoms with Gasteiger partial charge < -0.3 is 4.74 Å². The van der Waals surface area contributed by atoms with Crippen LogP contribution < -0.4 is 9.04 Å². The van der Waals surface area contributed by atoms with Gasteiger partial charge in [-0.2, -0.15) is 0 Å². The average molecular weight is 496 g/mol. The van der Waals surface area contributed by atoms with E-state index in [2.05, 4.69) is 22.0 Å². The van der Waals surface area contributed by atoms with Gasteiger partial charge in [0.1, 0.15) is 12.4 Å². The van der Waals surface area contributed by atoms with Gasteiger partial charge in [-0.05, 0) is 101 Å². The molecule has 0 radical (unpaired) electrons. The monoisotopic (exact) mass is 495 g/mol. The van der Waals surface area contributed by atoms with Crippen molar-refractivity contribution in [1.82, 2.24) is 9.88 Å². The summed E-state index contributed by atoms with van der Waals surface area (Å²) in [4.78, 5) is 7.06. The Morgan fingerprint density at radius 2 is 1.83 bits per heavy atom. The Morgan fingerprint density at radius 3 is 2.57 bits per heavy atom. The zero-order chi connectivity index (χ0) is 25.0. The molecule has 1 aliphatic heterocycles. The van der Waals surface area contributed by atoms with Crippen LogP contribution in [-0.2, 0) is 16.4 Å². The maximum absolute atomic E-state index is 12.5. The first-order chi connectivity index (χ1) is 16.7. The molecular weight excluding hydrogens is 458 g/mol. The lowest BCUT2D eigenvalue weighted by Crippen LogP contribution is -2.37. The number of sulfonamides is 1. The lowest BCUT2D eigenvalue weighted by molar-refractivity contribution is 0.155. The van der Waals surface area contributed by atoms with Crippen molar-refractivity contribution in [2.24, 2.45) is 5.92 Å². The molecule has 1 saturated heterocycles. The topological polar surface area (TPSA) is 62.7 Å². The summed E-state index contributed by atoms with van der Waals surface area (Å²) in [6.07, 6.45) is 3.26. The van der Waals surface area contributed by atoms with Gasteiger partial charge in [-0.1, -0.05) is 18.2 Å². The Kier molecular flexibility index (Phi) is 7.97. The van der Waals surface area contributed by atoms with Crippen LogP contribution in [0.25, 0.3) is 10.9 Å². The van der Waals surface area contributed by atoms with Crippen molar-refractivity contribution in [3.8, 4) is 5.75 Å². The summed E-state index contributed by atoms with van der Waals surface area (Å²) in [6.45, 7) is 9.13. The van der Waals surface area contributed by atoms with E-state index in [1.165, 1.54) is 9.87 Å². The van der Waals surface area contributed by atoms with Crippen LogP contribution >= 0.6 is 0 Å². The van der Waals surface area contributed by atoms with Crippen LogP contribution in [0.5, 0.6) is 5.75 Å². The number of fused-ring (bicyclic) bond motifs is 1. The fraction of sp³-hybridized carbons (Fsp3) is 0.464. The number of anilines is 1. The molecule has 0 atom stereocenters. The minimum atomic E-state index is -3.32. The number of nitrogens with zero attached hydrogens (tertiary/aromatic N) is 3. The predicted molar refractivity (Wildman–Crippen MR) is 144 cm³/mol. The van der Waals surface area contributed by atoms with E-state index in [1.807, 2.05) is 49.4 Å². The quantitative estimate of drug-likeness (QED) is 0.416. The third-order valence-corrected chi connectivity index (χ3v) is 9.15. The van der Waals surface area contributed by atoms with Gasteiger partial charge in [-0.15, -0.1) is 0 Å². The van der Waals surface area contributed by atoms with Gasteiger partial charge in [-0.25, -0.2) is 8.42 Å². The number of piperidine rings is 1. The number of aromatic nitrogens is 1. The van der Waals surface area contributed by atoms with E-state index in [0.717, 1.165) is 66.9 Å². The molecule has 7 heteroatoms. The summed E-state index contributed by atoms with van der Waals surface area (Å²) in [6, 6.07) is 18.1. The normalized spacial score (nSPS) is 15.6. The first kappa shape index (κ1) is 25.5.